The van der Waals surface area contributed by atoms with E-state index in [2.05, 4.69) is 15.2 Å². The van der Waals surface area contributed by atoms with E-state index in [1.165, 1.54) is 14.0 Å². The molecule has 18 atom stereocenters. The molecular formula is C50H86N6O12. The normalized spacial score (nSPS) is 40.6. The number of aromatic nitrogens is 3. The highest BCUT2D eigenvalue weighted by molar-refractivity contribution is 5.73. The first-order valence-corrected chi connectivity index (χ1v) is 24.8. The molecule has 4 heterocycles. The monoisotopic (exact) mass is 963 g/mol. The third kappa shape index (κ3) is 13.3. The molecule has 0 radical (unpaired) electrons. The van der Waals surface area contributed by atoms with Crippen LogP contribution in [0.2, 0.25) is 0 Å². The van der Waals surface area contributed by atoms with Crippen LogP contribution in [0, 0.1) is 23.7 Å². The van der Waals surface area contributed by atoms with E-state index in [1.54, 1.807) is 44.5 Å². The number of ether oxygens (including phenoxy) is 6. The molecule has 5 rings (SSSR count). The fraction of sp³-hybridized carbons (Fsp3) is 0.820. The highest BCUT2D eigenvalue weighted by Crippen LogP contribution is 2.45. The SMILES string of the molecule is CC[C@H]1OC(=O)[C@H](C)C([C@H]2C[C@@](C)(OC)[C@@H](O)[C@H](C)O2)[C@H](C)[C@@H](O[C@@H]2O[C@H](C)C[C@H](N(C)CCc3cn(CCCOc4ccc(N)cc4)nn3)[C@H]2O)[C@](C)(O)C[C@@H](C)CN(C)[C@H](C)[C@@H](O)[C@]1(C)O. The summed E-state index contributed by atoms with van der Waals surface area (Å²) >= 11 is 0. The molecule has 0 bridgehead atoms. The maximum Gasteiger partial charge on any atom is 0.309 e. The second-order valence-electron chi connectivity index (χ2n) is 21.3. The first-order chi connectivity index (χ1) is 31.8. The van der Waals surface area contributed by atoms with Gasteiger partial charge in [-0.1, -0.05) is 32.9 Å². The van der Waals surface area contributed by atoms with E-state index in [9.17, 15) is 30.3 Å². The van der Waals surface area contributed by atoms with Gasteiger partial charge in [0.1, 0.15) is 35.8 Å². The number of aryl methyl sites for hydroxylation is 1. The van der Waals surface area contributed by atoms with Crippen LogP contribution in [0.5, 0.6) is 5.75 Å². The quantitative estimate of drug-likeness (QED) is 0.0904. The maximum atomic E-state index is 14.6. The van der Waals surface area contributed by atoms with Crippen LogP contribution in [-0.4, -0.2) is 181 Å². The lowest BCUT2D eigenvalue weighted by molar-refractivity contribution is -0.302. The molecule has 1 aromatic carbocycles. The topological polar surface area (TPSA) is 237 Å². The van der Waals surface area contributed by atoms with Gasteiger partial charge >= 0.3 is 5.97 Å². The summed E-state index contributed by atoms with van der Waals surface area (Å²) in [5, 5.41) is 68.7. The van der Waals surface area contributed by atoms with Crippen LogP contribution in [0.3, 0.4) is 0 Å². The molecule has 388 valence electrons. The minimum atomic E-state index is -1.81. The van der Waals surface area contributed by atoms with Crippen LogP contribution in [0.15, 0.2) is 30.5 Å². The number of nitrogen functional groups attached to an aromatic ring is 1. The van der Waals surface area contributed by atoms with Crippen molar-refractivity contribution in [2.75, 3.05) is 46.6 Å². The lowest BCUT2D eigenvalue weighted by Crippen LogP contribution is -2.62. The molecule has 0 spiro atoms. The molecule has 2 aromatic rings. The van der Waals surface area contributed by atoms with Gasteiger partial charge in [0, 0.05) is 75.9 Å². The minimum absolute atomic E-state index is 0.164. The number of likely N-dealkylation sites (N-methyl/N-ethyl adjacent to an activating group) is 2. The average molecular weight is 963 g/mol. The Balaban J connectivity index is 1.41. The highest BCUT2D eigenvalue weighted by Gasteiger charge is 2.55. The van der Waals surface area contributed by atoms with Crippen LogP contribution < -0.4 is 10.5 Å². The Morgan fingerprint density at radius 3 is 2.31 bits per heavy atom. The Labute approximate surface area is 404 Å². The van der Waals surface area contributed by atoms with Crippen molar-refractivity contribution in [2.24, 2.45) is 23.7 Å². The van der Waals surface area contributed by atoms with Gasteiger partial charge in [-0.2, -0.15) is 0 Å². The number of benzene rings is 1. The van der Waals surface area contributed by atoms with Crippen LogP contribution in [-0.2, 0) is 41.4 Å². The van der Waals surface area contributed by atoms with Gasteiger partial charge in [-0.05, 0) is 111 Å². The molecular weight excluding hydrogens is 877 g/mol. The number of aliphatic hydroxyl groups is 5. The zero-order valence-electron chi connectivity index (χ0n) is 43.0. The van der Waals surface area contributed by atoms with Gasteiger partial charge < -0.3 is 69.5 Å². The summed E-state index contributed by atoms with van der Waals surface area (Å²) in [4.78, 5) is 18.6. The Bertz CT molecular complexity index is 1870. The molecule has 18 heteroatoms. The summed E-state index contributed by atoms with van der Waals surface area (Å²) in [6.07, 6.45) is -3.99. The number of hydrogen-bond acceptors (Lipinski definition) is 17. The van der Waals surface area contributed by atoms with Crippen molar-refractivity contribution in [3.05, 3.63) is 36.2 Å². The number of anilines is 1. The van der Waals surface area contributed by atoms with Gasteiger partial charge in [0.2, 0.25) is 0 Å². The smallest absolute Gasteiger partial charge is 0.309 e. The van der Waals surface area contributed by atoms with Crippen molar-refractivity contribution in [2.45, 2.75) is 198 Å². The summed E-state index contributed by atoms with van der Waals surface area (Å²) < 4.78 is 39.8. The van der Waals surface area contributed by atoms with E-state index in [0.717, 1.165) is 17.9 Å². The Kier molecular flexibility index (Phi) is 19.3. The molecule has 0 aliphatic carbocycles. The molecule has 1 aromatic heterocycles. The van der Waals surface area contributed by atoms with Crippen molar-refractivity contribution >= 4 is 11.7 Å². The number of aliphatic hydroxyl groups excluding tert-OH is 3. The zero-order chi connectivity index (χ0) is 50.5. The lowest BCUT2D eigenvalue weighted by atomic mass is 9.68. The van der Waals surface area contributed by atoms with Crippen molar-refractivity contribution in [1.82, 2.24) is 24.8 Å². The maximum absolute atomic E-state index is 14.6. The van der Waals surface area contributed by atoms with Gasteiger partial charge in [0.05, 0.1) is 53.8 Å². The summed E-state index contributed by atoms with van der Waals surface area (Å²) in [6.45, 7) is 20.1. The van der Waals surface area contributed by atoms with Gasteiger partial charge in [-0.25, -0.2) is 0 Å². The van der Waals surface area contributed by atoms with E-state index in [-0.39, 0.29) is 37.3 Å². The van der Waals surface area contributed by atoms with E-state index < -0.39 is 95.6 Å². The zero-order valence-corrected chi connectivity index (χ0v) is 43.0. The first-order valence-electron chi connectivity index (χ1n) is 24.8. The van der Waals surface area contributed by atoms with Gasteiger partial charge in [0.15, 0.2) is 6.29 Å². The van der Waals surface area contributed by atoms with Gasteiger partial charge in [-0.15, -0.1) is 5.10 Å². The fourth-order valence-corrected chi connectivity index (χ4v) is 11.2. The molecule has 0 amide bonds. The largest absolute Gasteiger partial charge is 0.494 e. The van der Waals surface area contributed by atoms with Gasteiger partial charge in [-0.3, -0.25) is 9.48 Å². The third-order valence-corrected chi connectivity index (χ3v) is 15.4. The van der Waals surface area contributed by atoms with Crippen LogP contribution >= 0.6 is 0 Å². The van der Waals surface area contributed by atoms with Crippen LogP contribution in [0.4, 0.5) is 5.69 Å². The van der Waals surface area contributed by atoms with Crippen LogP contribution in [0.25, 0.3) is 0 Å². The van der Waals surface area contributed by atoms with Gasteiger partial charge in [0.25, 0.3) is 0 Å². The number of hydrogen-bond donors (Lipinski definition) is 6. The average Bonchev–Trinajstić information content (AvgIpc) is 3.74. The molecule has 7 N–H and O–H groups in total. The number of nitrogens with two attached hydrogens (primary N) is 1. The van der Waals surface area contributed by atoms with Crippen molar-refractivity contribution in [1.29, 1.82) is 0 Å². The molecule has 18 nitrogen and oxygen atoms in total. The second kappa shape index (κ2) is 23.5. The molecule has 0 saturated carbocycles. The lowest BCUT2D eigenvalue weighted by Gasteiger charge is -2.51. The first kappa shape index (κ1) is 55.9. The minimum Gasteiger partial charge on any atom is -0.494 e. The summed E-state index contributed by atoms with van der Waals surface area (Å²) in [5.74, 6) is -2.34. The molecule has 1 unspecified atom stereocenters. The summed E-state index contributed by atoms with van der Waals surface area (Å²) in [5.41, 5.74) is 2.84. The van der Waals surface area contributed by atoms with Crippen LogP contribution in [0.1, 0.15) is 107 Å². The van der Waals surface area contributed by atoms with Crippen molar-refractivity contribution in [3.8, 4) is 5.75 Å². The van der Waals surface area contributed by atoms with E-state index >= 15 is 0 Å². The third-order valence-electron chi connectivity index (χ3n) is 15.4. The number of nitrogens with zero attached hydrogens (tertiary/aromatic N) is 5. The number of rotatable bonds is 14. The van der Waals surface area contributed by atoms with Crippen molar-refractivity contribution < 1.29 is 58.7 Å². The predicted octanol–water partition coefficient (Wildman–Crippen LogP) is 3.43. The summed E-state index contributed by atoms with van der Waals surface area (Å²) in [7, 11) is 5.34. The number of carbonyl (C=O) groups is 1. The number of cyclic esters (lactones) is 1. The standard InChI is InChI=1S/C50H86N6O12/c1-14-40-50(10,62)43(58)33(6)55(12)27-29(2)25-48(8,61)45(31(4)41(32(5)46(60)67-40)39-26-49(9,63-13)44(59)34(7)66-39)68-47-42(57)38(24-30(3)65-47)54(11)22-20-36-28-56(53-52-36)21-15-23-64-37-18-16-35(51)17-19-37/h16-19,28-34,38-45,47,57-59,61-62H,14-15,20-27,51H2,1-13H3/t29-,30-,31+,32-,33-,34+,38+,39-,40-,41?,42-,43-,44+,45-,47+,48-,49-,50-/m1/s1. The summed E-state index contributed by atoms with van der Waals surface area (Å²) in [6, 6.07) is 6.35. The fourth-order valence-electron chi connectivity index (χ4n) is 11.2. The predicted molar refractivity (Wildman–Crippen MR) is 256 cm³/mol. The molecule has 3 fully saturated rings. The molecule has 3 saturated heterocycles. The number of esters is 1. The van der Waals surface area contributed by atoms with Crippen molar-refractivity contribution in [3.63, 3.8) is 0 Å². The molecule has 3 aliphatic rings. The van der Waals surface area contributed by atoms with E-state index in [4.69, 9.17) is 34.2 Å². The Morgan fingerprint density at radius 1 is 0.985 bits per heavy atom. The molecule has 3 aliphatic heterocycles. The highest BCUT2D eigenvalue weighted by atomic mass is 16.7. The van der Waals surface area contributed by atoms with E-state index in [1.807, 2.05) is 71.9 Å². The van der Waals surface area contributed by atoms with E-state index in [0.29, 0.717) is 44.8 Å². The molecule has 68 heavy (non-hydrogen) atoms. The number of methoxy groups -OCH3 is 1. The Morgan fingerprint density at radius 2 is 1.66 bits per heavy atom. The Hall–Kier alpha value is -3.01. The number of carbonyl (C=O) groups excluding carboxylic acids is 1. The second-order valence-corrected chi connectivity index (χ2v) is 21.3.